The molecule has 0 heterocycles. The van der Waals surface area contributed by atoms with E-state index in [1.54, 1.807) is 0 Å². The van der Waals surface area contributed by atoms with Crippen molar-refractivity contribution in [1.29, 1.82) is 0 Å². The number of hydrogen-bond donors (Lipinski definition) is 1. The summed E-state index contributed by atoms with van der Waals surface area (Å²) in [7, 11) is -2.80. The second kappa shape index (κ2) is 6.01. The molecule has 3 nitrogen and oxygen atoms in total. The van der Waals surface area contributed by atoms with Gasteiger partial charge in [0.2, 0.25) is 0 Å². The highest BCUT2D eigenvalue weighted by Crippen LogP contribution is 2.32. The molecule has 0 aromatic carbocycles. The van der Waals surface area contributed by atoms with Crippen molar-refractivity contribution >= 4 is 9.84 Å². The normalized spacial score (nSPS) is 31.6. The summed E-state index contributed by atoms with van der Waals surface area (Å²) < 4.78 is 22.1. The molecule has 3 unspecified atom stereocenters. The van der Waals surface area contributed by atoms with Crippen molar-refractivity contribution in [3.05, 3.63) is 0 Å². The molecule has 16 heavy (non-hydrogen) atoms. The molecule has 0 aromatic rings. The first kappa shape index (κ1) is 14.0. The lowest BCUT2D eigenvalue weighted by molar-refractivity contribution is 0.217. The molecule has 0 aliphatic heterocycles. The Morgan fingerprint density at radius 3 is 2.56 bits per heavy atom. The van der Waals surface area contributed by atoms with Crippen molar-refractivity contribution in [2.24, 2.45) is 17.6 Å². The minimum atomic E-state index is -2.80. The molecule has 3 atom stereocenters. The smallest absolute Gasteiger partial charge is 0.147 e. The zero-order valence-corrected chi connectivity index (χ0v) is 11.3. The van der Waals surface area contributed by atoms with E-state index in [1.807, 2.05) is 0 Å². The van der Waals surface area contributed by atoms with E-state index in [2.05, 4.69) is 6.92 Å². The number of sulfone groups is 1. The van der Waals surface area contributed by atoms with Crippen molar-refractivity contribution < 1.29 is 8.42 Å². The molecule has 2 N–H and O–H groups in total. The fourth-order valence-corrected chi connectivity index (χ4v) is 3.39. The highest BCUT2D eigenvalue weighted by Gasteiger charge is 2.26. The quantitative estimate of drug-likeness (QED) is 0.808. The first-order valence-electron chi connectivity index (χ1n) is 6.35. The van der Waals surface area contributed by atoms with E-state index in [1.165, 1.54) is 25.5 Å². The van der Waals surface area contributed by atoms with E-state index in [4.69, 9.17) is 5.73 Å². The van der Waals surface area contributed by atoms with E-state index in [-0.39, 0.29) is 0 Å². The Morgan fingerprint density at radius 1 is 1.31 bits per heavy atom. The van der Waals surface area contributed by atoms with Gasteiger partial charge in [0.1, 0.15) is 9.84 Å². The van der Waals surface area contributed by atoms with E-state index in [0.29, 0.717) is 17.7 Å². The summed E-state index contributed by atoms with van der Waals surface area (Å²) in [6, 6.07) is 0.294. The Kier molecular flexibility index (Phi) is 5.25. The average molecular weight is 247 g/mol. The van der Waals surface area contributed by atoms with Crippen LogP contribution in [0, 0.1) is 11.8 Å². The lowest BCUT2D eigenvalue weighted by atomic mass is 9.75. The second-order valence-corrected chi connectivity index (χ2v) is 7.54. The molecule has 1 fully saturated rings. The van der Waals surface area contributed by atoms with Gasteiger partial charge in [-0.1, -0.05) is 13.3 Å². The van der Waals surface area contributed by atoms with Gasteiger partial charge in [-0.2, -0.15) is 0 Å². The van der Waals surface area contributed by atoms with Gasteiger partial charge in [0, 0.05) is 18.1 Å². The monoisotopic (exact) mass is 247 g/mol. The molecule has 0 saturated heterocycles. The topological polar surface area (TPSA) is 60.2 Å². The van der Waals surface area contributed by atoms with E-state index >= 15 is 0 Å². The number of nitrogens with two attached hydrogens (primary N) is 1. The molecule has 1 saturated carbocycles. The maximum atomic E-state index is 11.0. The molecular weight excluding hydrogens is 222 g/mol. The lowest BCUT2D eigenvalue weighted by Crippen LogP contribution is -2.36. The van der Waals surface area contributed by atoms with Gasteiger partial charge in [-0.05, 0) is 43.9 Å². The Bertz CT molecular complexity index is 300. The largest absolute Gasteiger partial charge is 0.327 e. The zero-order chi connectivity index (χ0) is 12.2. The van der Waals surface area contributed by atoms with Crippen LogP contribution in [0.1, 0.15) is 45.4 Å². The summed E-state index contributed by atoms with van der Waals surface area (Å²) in [5.74, 6) is 1.66. The Morgan fingerprint density at radius 2 is 2.00 bits per heavy atom. The standard InChI is InChI=1S/C12H25NO2S/c1-3-10-6-7-12(13)11(9-10)5-4-8-16(2,14)15/h10-12H,3-9,13H2,1-2H3. The van der Waals surface area contributed by atoms with Crippen LogP contribution in [0.2, 0.25) is 0 Å². The minimum absolute atomic E-state index is 0.294. The van der Waals surface area contributed by atoms with Crippen molar-refractivity contribution in [1.82, 2.24) is 0 Å². The maximum absolute atomic E-state index is 11.0. The third-order valence-electron chi connectivity index (χ3n) is 3.82. The van der Waals surface area contributed by atoms with Gasteiger partial charge in [0.25, 0.3) is 0 Å². The summed E-state index contributed by atoms with van der Waals surface area (Å²) in [4.78, 5) is 0. The molecule has 0 aromatic heterocycles. The predicted octanol–water partition coefficient (Wildman–Crippen LogP) is 1.96. The number of rotatable bonds is 5. The lowest BCUT2D eigenvalue weighted by Gasteiger charge is -2.33. The van der Waals surface area contributed by atoms with Gasteiger partial charge < -0.3 is 5.73 Å². The van der Waals surface area contributed by atoms with Gasteiger partial charge in [0.05, 0.1) is 0 Å². The molecule has 4 heteroatoms. The van der Waals surface area contributed by atoms with Crippen molar-refractivity contribution in [2.75, 3.05) is 12.0 Å². The molecule has 0 spiro atoms. The van der Waals surface area contributed by atoms with Crippen molar-refractivity contribution in [3.63, 3.8) is 0 Å². The SMILES string of the molecule is CCC1CCC(N)C(CCCS(C)(=O)=O)C1. The average Bonchev–Trinajstić information content (AvgIpc) is 2.19. The van der Waals surface area contributed by atoms with Gasteiger partial charge >= 0.3 is 0 Å². The van der Waals surface area contributed by atoms with Crippen LogP contribution in [0.3, 0.4) is 0 Å². The van der Waals surface area contributed by atoms with E-state index in [0.717, 1.165) is 25.2 Å². The van der Waals surface area contributed by atoms with Crippen LogP contribution >= 0.6 is 0 Å². The Hall–Kier alpha value is -0.0900. The molecule has 0 amide bonds. The minimum Gasteiger partial charge on any atom is -0.327 e. The molecule has 1 aliphatic rings. The first-order valence-corrected chi connectivity index (χ1v) is 8.41. The van der Waals surface area contributed by atoms with Gasteiger partial charge in [-0.25, -0.2) is 8.42 Å². The van der Waals surface area contributed by atoms with E-state index < -0.39 is 9.84 Å². The van der Waals surface area contributed by atoms with Crippen LogP contribution in [-0.4, -0.2) is 26.5 Å². The van der Waals surface area contributed by atoms with Crippen LogP contribution in [0.4, 0.5) is 0 Å². The first-order chi connectivity index (χ1) is 7.42. The molecule has 0 radical (unpaired) electrons. The Balaban J connectivity index is 2.34. The number of hydrogen-bond acceptors (Lipinski definition) is 3. The third-order valence-corrected chi connectivity index (χ3v) is 4.85. The molecular formula is C12H25NO2S. The summed E-state index contributed by atoms with van der Waals surface area (Å²) in [6.07, 6.45) is 7.85. The van der Waals surface area contributed by atoms with Crippen LogP contribution in [0.5, 0.6) is 0 Å². The van der Waals surface area contributed by atoms with Gasteiger partial charge in [-0.3, -0.25) is 0 Å². The third kappa shape index (κ3) is 4.83. The van der Waals surface area contributed by atoms with Crippen LogP contribution in [-0.2, 0) is 9.84 Å². The highest BCUT2D eigenvalue weighted by atomic mass is 32.2. The molecule has 1 rings (SSSR count). The highest BCUT2D eigenvalue weighted by molar-refractivity contribution is 7.90. The van der Waals surface area contributed by atoms with Gasteiger partial charge in [-0.15, -0.1) is 0 Å². The predicted molar refractivity (Wildman–Crippen MR) is 68.0 cm³/mol. The summed E-state index contributed by atoms with van der Waals surface area (Å²) in [5.41, 5.74) is 6.10. The fourth-order valence-electron chi connectivity index (χ4n) is 2.70. The van der Waals surface area contributed by atoms with Crippen molar-refractivity contribution in [2.45, 2.75) is 51.5 Å². The summed E-state index contributed by atoms with van der Waals surface area (Å²) in [6.45, 7) is 2.23. The fraction of sp³-hybridized carbons (Fsp3) is 1.00. The van der Waals surface area contributed by atoms with E-state index in [9.17, 15) is 8.42 Å². The molecule has 0 bridgehead atoms. The van der Waals surface area contributed by atoms with Crippen LogP contribution in [0.25, 0.3) is 0 Å². The molecule has 1 aliphatic carbocycles. The Labute approximate surface area is 99.7 Å². The summed E-state index contributed by atoms with van der Waals surface area (Å²) >= 11 is 0. The van der Waals surface area contributed by atoms with Crippen LogP contribution < -0.4 is 5.73 Å². The second-order valence-electron chi connectivity index (χ2n) is 5.28. The zero-order valence-electron chi connectivity index (χ0n) is 10.5. The molecule has 96 valence electrons. The van der Waals surface area contributed by atoms with Crippen molar-refractivity contribution in [3.8, 4) is 0 Å². The van der Waals surface area contributed by atoms with Gasteiger partial charge in [0.15, 0.2) is 0 Å². The summed E-state index contributed by atoms with van der Waals surface area (Å²) in [5, 5.41) is 0. The van der Waals surface area contributed by atoms with Crippen LogP contribution in [0.15, 0.2) is 0 Å². The maximum Gasteiger partial charge on any atom is 0.147 e.